The van der Waals surface area contributed by atoms with Crippen molar-refractivity contribution in [2.24, 2.45) is 0 Å². The molecule has 0 N–H and O–H groups in total. The van der Waals surface area contributed by atoms with Crippen LogP contribution in [0, 0.1) is 18.2 Å². The largest absolute Gasteiger partial charge is 0.368 e. The summed E-state index contributed by atoms with van der Waals surface area (Å²) in [7, 11) is -1.13. The number of hydrogen-bond acceptors (Lipinski definition) is 4. The third kappa shape index (κ3) is 7.18. The zero-order chi connectivity index (χ0) is 29.5. The van der Waals surface area contributed by atoms with Gasteiger partial charge in [-0.1, -0.05) is 24.3 Å². The quantitative estimate of drug-likeness (QED) is 0.263. The SMILES string of the molecule is C#CCCCC(=O)N1CCN(c2ccc(CN(C(=O)Cc3ccc(-n4cccc4)cc3F)C3C=CS(=O)C3)cc2)CC1. The van der Waals surface area contributed by atoms with Crippen LogP contribution in [-0.4, -0.2) is 68.4 Å². The van der Waals surface area contributed by atoms with Gasteiger partial charge in [0.2, 0.25) is 11.8 Å². The first kappa shape index (κ1) is 29.3. The summed E-state index contributed by atoms with van der Waals surface area (Å²) in [5.41, 5.74) is 3.01. The van der Waals surface area contributed by atoms with Gasteiger partial charge in [-0.3, -0.25) is 13.8 Å². The van der Waals surface area contributed by atoms with E-state index in [9.17, 15) is 13.8 Å². The van der Waals surface area contributed by atoms with Crippen molar-refractivity contribution in [1.29, 1.82) is 0 Å². The normalized spacial score (nSPS) is 18.2. The highest BCUT2D eigenvalue weighted by molar-refractivity contribution is 7.88. The van der Waals surface area contributed by atoms with Gasteiger partial charge >= 0.3 is 0 Å². The van der Waals surface area contributed by atoms with Crippen molar-refractivity contribution in [1.82, 2.24) is 14.4 Å². The molecule has 3 aromatic rings. The molecule has 0 spiro atoms. The maximum Gasteiger partial charge on any atom is 0.227 e. The average Bonchev–Trinajstić information content (AvgIpc) is 3.70. The second-order valence-corrected chi connectivity index (χ2v) is 12.0. The third-order valence-corrected chi connectivity index (χ3v) is 8.92. The van der Waals surface area contributed by atoms with Gasteiger partial charge in [-0.2, -0.15) is 0 Å². The van der Waals surface area contributed by atoms with Gasteiger partial charge in [0.15, 0.2) is 0 Å². The van der Waals surface area contributed by atoms with Crippen molar-refractivity contribution in [3.63, 3.8) is 0 Å². The number of rotatable bonds is 10. The number of halogens is 1. The van der Waals surface area contributed by atoms with Crippen LogP contribution in [0.5, 0.6) is 0 Å². The molecule has 42 heavy (non-hydrogen) atoms. The number of carbonyl (C=O) groups is 2. The Morgan fingerprint density at radius 1 is 1.02 bits per heavy atom. The highest BCUT2D eigenvalue weighted by Crippen LogP contribution is 2.23. The van der Waals surface area contributed by atoms with E-state index in [0.717, 1.165) is 30.8 Å². The van der Waals surface area contributed by atoms with Crippen molar-refractivity contribution in [2.75, 3.05) is 36.8 Å². The fraction of sp³-hybridized carbons (Fsp3) is 0.333. The van der Waals surface area contributed by atoms with Crippen molar-refractivity contribution in [2.45, 2.75) is 38.3 Å². The van der Waals surface area contributed by atoms with Gasteiger partial charge in [0.1, 0.15) is 5.82 Å². The summed E-state index contributed by atoms with van der Waals surface area (Å²) in [4.78, 5) is 31.8. The third-order valence-electron chi connectivity index (χ3n) is 7.79. The summed E-state index contributed by atoms with van der Waals surface area (Å²) in [5.74, 6) is 2.42. The maximum atomic E-state index is 15.0. The second kappa shape index (κ2) is 13.7. The van der Waals surface area contributed by atoms with E-state index in [4.69, 9.17) is 6.42 Å². The minimum absolute atomic E-state index is 0.0847. The first-order chi connectivity index (χ1) is 20.4. The summed E-state index contributed by atoms with van der Waals surface area (Å²) >= 11 is 0. The standard InChI is InChI=1S/C33H35FN4O3S/c1-2-3-4-7-32(39)37-19-17-36(18-20-37)28-11-8-26(9-12-28)24-38(30-14-21-42(41)25-30)33(40)22-27-10-13-29(23-31(27)34)35-15-5-6-16-35/h1,5-6,8-16,21,23,30H,3-4,7,17-20,22,24-25H2. The lowest BCUT2D eigenvalue weighted by molar-refractivity contribution is -0.132. The van der Waals surface area contributed by atoms with E-state index < -0.39 is 16.6 Å². The number of carbonyl (C=O) groups excluding carboxylic acids is 2. The zero-order valence-corrected chi connectivity index (χ0v) is 24.3. The maximum absolute atomic E-state index is 15.0. The van der Waals surface area contributed by atoms with Gasteiger partial charge < -0.3 is 19.3 Å². The lowest BCUT2D eigenvalue weighted by atomic mass is 10.1. The number of amides is 2. The minimum atomic E-state index is -1.13. The first-order valence-corrected chi connectivity index (χ1v) is 15.6. The molecule has 2 aromatic carbocycles. The van der Waals surface area contributed by atoms with Gasteiger partial charge in [0.05, 0.1) is 18.2 Å². The molecule has 0 aliphatic carbocycles. The Labute approximate surface area is 249 Å². The molecule has 2 aliphatic heterocycles. The average molecular weight is 587 g/mol. The number of aromatic nitrogens is 1. The molecule has 0 radical (unpaired) electrons. The number of hydrogen-bond donors (Lipinski definition) is 0. The fourth-order valence-electron chi connectivity index (χ4n) is 5.38. The van der Waals surface area contributed by atoms with Crippen LogP contribution >= 0.6 is 0 Å². The van der Waals surface area contributed by atoms with E-state index in [1.54, 1.807) is 28.5 Å². The minimum Gasteiger partial charge on any atom is -0.368 e. The second-order valence-electron chi connectivity index (χ2n) is 10.6. The van der Waals surface area contributed by atoms with E-state index >= 15 is 4.39 Å². The molecule has 1 saturated heterocycles. The lowest BCUT2D eigenvalue weighted by Gasteiger charge is -2.36. The summed E-state index contributed by atoms with van der Waals surface area (Å²) in [6.07, 6.45) is 12.5. The van der Waals surface area contributed by atoms with Gasteiger partial charge in [0.25, 0.3) is 0 Å². The number of nitrogens with zero attached hydrogens (tertiary/aromatic N) is 4. The fourth-order valence-corrected chi connectivity index (χ4v) is 6.47. The first-order valence-electron chi connectivity index (χ1n) is 14.2. The molecule has 9 heteroatoms. The van der Waals surface area contributed by atoms with E-state index in [-0.39, 0.29) is 24.3 Å². The Bertz CT molecular complexity index is 1490. The van der Waals surface area contributed by atoms with Crippen molar-refractivity contribution < 1.29 is 18.2 Å². The summed E-state index contributed by atoms with van der Waals surface area (Å²) in [6.45, 7) is 3.17. The van der Waals surface area contributed by atoms with E-state index in [1.165, 1.54) is 6.07 Å². The molecule has 1 fully saturated rings. The van der Waals surface area contributed by atoms with Gasteiger partial charge in [-0.15, -0.1) is 12.3 Å². The summed E-state index contributed by atoms with van der Waals surface area (Å²) in [5, 5.41) is 1.63. The van der Waals surface area contributed by atoms with E-state index in [2.05, 4.69) is 10.8 Å². The molecule has 2 unspecified atom stereocenters. The Balaban J connectivity index is 1.22. The smallest absolute Gasteiger partial charge is 0.227 e. The number of terminal acetylenes is 1. The van der Waals surface area contributed by atoms with Crippen LogP contribution < -0.4 is 4.90 Å². The summed E-state index contributed by atoms with van der Waals surface area (Å²) in [6, 6.07) is 16.4. The van der Waals surface area contributed by atoms with Crippen molar-refractivity contribution in [3.05, 3.63) is 95.4 Å². The van der Waals surface area contributed by atoms with Crippen LogP contribution in [0.2, 0.25) is 0 Å². The van der Waals surface area contributed by atoms with Gasteiger partial charge in [0, 0.05) is 85.5 Å². The van der Waals surface area contributed by atoms with Crippen LogP contribution in [0.3, 0.4) is 0 Å². The number of piperazine rings is 1. The molecular formula is C33H35FN4O3S. The molecular weight excluding hydrogens is 551 g/mol. The van der Waals surface area contributed by atoms with Crippen molar-refractivity contribution in [3.8, 4) is 18.0 Å². The predicted molar refractivity (Wildman–Crippen MR) is 164 cm³/mol. The highest BCUT2D eigenvalue weighted by Gasteiger charge is 2.28. The summed E-state index contributed by atoms with van der Waals surface area (Å²) < 4.78 is 29.0. The highest BCUT2D eigenvalue weighted by atomic mass is 32.2. The number of unbranched alkanes of at least 4 members (excludes halogenated alkanes) is 1. The molecule has 3 heterocycles. The van der Waals surface area contributed by atoms with Crippen LogP contribution in [0.25, 0.3) is 5.69 Å². The molecule has 1 aromatic heterocycles. The van der Waals surface area contributed by atoms with Crippen LogP contribution in [0.4, 0.5) is 10.1 Å². The molecule has 0 bridgehead atoms. The molecule has 2 aliphatic rings. The molecule has 0 saturated carbocycles. The Morgan fingerprint density at radius 3 is 2.38 bits per heavy atom. The van der Waals surface area contributed by atoms with Gasteiger partial charge in [-0.05, 0) is 53.9 Å². The Morgan fingerprint density at radius 2 is 1.74 bits per heavy atom. The molecule has 218 valence electrons. The van der Waals surface area contributed by atoms with E-state index in [1.807, 2.05) is 58.3 Å². The van der Waals surface area contributed by atoms with Crippen LogP contribution in [0.15, 0.2) is 78.5 Å². The molecule has 2 amide bonds. The number of benzene rings is 2. The Hall–Kier alpha value is -4.16. The topological polar surface area (TPSA) is 65.9 Å². The monoisotopic (exact) mass is 586 g/mol. The molecule has 7 nitrogen and oxygen atoms in total. The zero-order valence-electron chi connectivity index (χ0n) is 23.5. The number of anilines is 1. The van der Waals surface area contributed by atoms with Gasteiger partial charge in [-0.25, -0.2) is 4.39 Å². The van der Waals surface area contributed by atoms with Crippen LogP contribution in [-0.2, 0) is 33.4 Å². The molecule has 5 rings (SSSR count). The lowest BCUT2D eigenvalue weighted by Crippen LogP contribution is -2.48. The van der Waals surface area contributed by atoms with Crippen molar-refractivity contribution >= 4 is 28.3 Å². The van der Waals surface area contributed by atoms with E-state index in [0.29, 0.717) is 49.5 Å². The Kier molecular flexibility index (Phi) is 9.55. The predicted octanol–water partition coefficient (Wildman–Crippen LogP) is 4.28. The molecule has 2 atom stereocenters. The van der Waals surface area contributed by atoms with Crippen LogP contribution in [0.1, 0.15) is 30.4 Å².